The fourth-order valence-corrected chi connectivity index (χ4v) is 2.99. The molecule has 1 heterocycles. The van der Waals surface area contributed by atoms with Crippen LogP contribution < -0.4 is 0 Å². The third-order valence-corrected chi connectivity index (χ3v) is 4.24. The summed E-state index contributed by atoms with van der Waals surface area (Å²) in [5.41, 5.74) is 1.38. The number of nitrogens with zero attached hydrogens (tertiary/aromatic N) is 1. The lowest BCUT2D eigenvalue weighted by Crippen LogP contribution is -2.31. The van der Waals surface area contributed by atoms with E-state index < -0.39 is 0 Å². The van der Waals surface area contributed by atoms with E-state index in [0.717, 1.165) is 5.56 Å². The Labute approximate surface area is 139 Å². The van der Waals surface area contributed by atoms with Crippen molar-refractivity contribution in [1.82, 2.24) is 4.90 Å². The van der Waals surface area contributed by atoms with Gasteiger partial charge in [-0.3, -0.25) is 9.69 Å². The van der Waals surface area contributed by atoms with E-state index in [2.05, 4.69) is 0 Å². The average molecular weight is 330 g/mol. The van der Waals surface area contributed by atoms with Crippen LogP contribution in [0, 0.1) is 0 Å². The molecule has 1 aliphatic heterocycles. The minimum atomic E-state index is -0.384. The summed E-state index contributed by atoms with van der Waals surface area (Å²) in [5, 5.41) is 0.424. The van der Waals surface area contributed by atoms with Crippen molar-refractivity contribution in [2.45, 2.75) is 12.5 Å². The number of ether oxygens (including phenoxy) is 1. The maximum atomic E-state index is 12.6. The molecule has 0 aliphatic carbocycles. The number of Topliss-reactive ketones (excluding diaryl/α,β-unsaturated/α-hetero) is 1. The molecule has 1 atom stereocenters. The molecule has 1 amide bonds. The molecule has 4 nitrogen and oxygen atoms in total. The number of ketones is 1. The van der Waals surface area contributed by atoms with Gasteiger partial charge in [-0.15, -0.1) is 0 Å². The smallest absolute Gasteiger partial charge is 0.410 e. The van der Waals surface area contributed by atoms with Crippen molar-refractivity contribution in [3.05, 3.63) is 70.7 Å². The Morgan fingerprint density at radius 3 is 2.48 bits per heavy atom. The molecular formula is C18H16ClNO3. The van der Waals surface area contributed by atoms with Gasteiger partial charge in [-0.2, -0.15) is 0 Å². The van der Waals surface area contributed by atoms with Crippen LogP contribution in [0.25, 0.3) is 0 Å². The first-order valence-corrected chi connectivity index (χ1v) is 7.80. The van der Waals surface area contributed by atoms with E-state index in [1.165, 1.54) is 0 Å². The summed E-state index contributed by atoms with van der Waals surface area (Å²) < 4.78 is 5.03. The first-order chi connectivity index (χ1) is 11.2. The first-order valence-electron chi connectivity index (χ1n) is 7.43. The lowest BCUT2D eigenvalue weighted by atomic mass is 9.97. The monoisotopic (exact) mass is 329 g/mol. The molecule has 5 heteroatoms. The number of benzene rings is 2. The Bertz CT molecular complexity index is 717. The van der Waals surface area contributed by atoms with E-state index in [1.54, 1.807) is 29.2 Å². The summed E-state index contributed by atoms with van der Waals surface area (Å²) >= 11 is 6.11. The highest BCUT2D eigenvalue weighted by Gasteiger charge is 2.32. The summed E-state index contributed by atoms with van der Waals surface area (Å²) in [7, 11) is 0. The normalized spacial score (nSPS) is 15.3. The lowest BCUT2D eigenvalue weighted by Gasteiger charge is -2.25. The highest BCUT2D eigenvalue weighted by Crippen LogP contribution is 2.29. The number of halogens is 1. The van der Waals surface area contributed by atoms with Crippen LogP contribution in [0.3, 0.4) is 0 Å². The van der Waals surface area contributed by atoms with Crippen LogP contribution in [-0.4, -0.2) is 29.9 Å². The van der Waals surface area contributed by atoms with E-state index in [0.29, 0.717) is 23.7 Å². The molecule has 3 rings (SSSR count). The molecule has 1 saturated heterocycles. The minimum absolute atomic E-state index is 0.0934. The number of amides is 1. The fraction of sp³-hybridized carbons (Fsp3) is 0.222. The van der Waals surface area contributed by atoms with Gasteiger partial charge in [0, 0.05) is 12.0 Å². The molecule has 2 aromatic carbocycles. The molecule has 118 valence electrons. The third kappa shape index (κ3) is 3.37. The van der Waals surface area contributed by atoms with Gasteiger partial charge < -0.3 is 4.74 Å². The van der Waals surface area contributed by atoms with Crippen molar-refractivity contribution in [2.24, 2.45) is 0 Å². The Balaban J connectivity index is 1.89. The number of hydrogen-bond donors (Lipinski definition) is 0. The van der Waals surface area contributed by atoms with Gasteiger partial charge in [-0.25, -0.2) is 4.79 Å². The van der Waals surface area contributed by atoms with Crippen LogP contribution in [0.2, 0.25) is 5.02 Å². The standard InChI is InChI=1S/C18H16ClNO3/c19-15-9-5-4-8-14(15)17(21)12-16(13-6-2-1-3-7-13)20-10-11-23-18(20)22/h1-9,16H,10-12H2. The highest BCUT2D eigenvalue weighted by molar-refractivity contribution is 6.33. The van der Waals surface area contributed by atoms with Crippen LogP contribution in [-0.2, 0) is 4.74 Å². The van der Waals surface area contributed by atoms with Crippen molar-refractivity contribution >= 4 is 23.5 Å². The van der Waals surface area contributed by atoms with Gasteiger partial charge in [0.15, 0.2) is 5.78 Å². The maximum Gasteiger partial charge on any atom is 0.410 e. The van der Waals surface area contributed by atoms with Gasteiger partial charge in [0.25, 0.3) is 0 Å². The van der Waals surface area contributed by atoms with Gasteiger partial charge >= 0.3 is 6.09 Å². The summed E-state index contributed by atoms with van der Waals surface area (Å²) in [6.07, 6.45) is -0.214. The molecule has 1 fully saturated rings. The number of rotatable bonds is 5. The lowest BCUT2D eigenvalue weighted by molar-refractivity contribution is 0.0937. The van der Waals surface area contributed by atoms with Crippen LogP contribution in [0.4, 0.5) is 4.79 Å². The minimum Gasteiger partial charge on any atom is -0.448 e. The Kier molecular flexibility index (Phi) is 4.63. The summed E-state index contributed by atoms with van der Waals surface area (Å²) in [4.78, 5) is 26.2. The van der Waals surface area contributed by atoms with E-state index in [1.807, 2.05) is 30.3 Å². The zero-order valence-electron chi connectivity index (χ0n) is 12.4. The zero-order valence-corrected chi connectivity index (χ0v) is 13.2. The second kappa shape index (κ2) is 6.84. The number of carbonyl (C=O) groups is 2. The van der Waals surface area contributed by atoms with E-state index in [4.69, 9.17) is 16.3 Å². The molecule has 0 aromatic heterocycles. The van der Waals surface area contributed by atoms with Gasteiger partial charge in [0.1, 0.15) is 6.61 Å². The van der Waals surface area contributed by atoms with E-state index in [9.17, 15) is 9.59 Å². The Hall–Kier alpha value is -2.33. The topological polar surface area (TPSA) is 46.6 Å². The second-order valence-corrected chi connectivity index (χ2v) is 5.75. The van der Waals surface area contributed by atoms with Gasteiger partial charge in [-0.1, -0.05) is 54.1 Å². The van der Waals surface area contributed by atoms with Crippen LogP contribution in [0.5, 0.6) is 0 Å². The molecule has 0 spiro atoms. The molecular weight excluding hydrogens is 314 g/mol. The van der Waals surface area contributed by atoms with E-state index >= 15 is 0 Å². The van der Waals surface area contributed by atoms with Gasteiger partial charge in [0.2, 0.25) is 0 Å². The molecule has 1 unspecified atom stereocenters. The molecule has 2 aromatic rings. The fourth-order valence-electron chi connectivity index (χ4n) is 2.74. The largest absolute Gasteiger partial charge is 0.448 e. The molecule has 0 radical (unpaired) electrons. The predicted molar refractivity (Wildman–Crippen MR) is 87.6 cm³/mol. The van der Waals surface area contributed by atoms with Gasteiger partial charge in [0.05, 0.1) is 17.6 Å². The SMILES string of the molecule is O=C(CC(c1ccccc1)N1CCOC1=O)c1ccccc1Cl. The van der Waals surface area contributed by atoms with Gasteiger partial charge in [-0.05, 0) is 17.7 Å². The average Bonchev–Trinajstić information content (AvgIpc) is 2.99. The highest BCUT2D eigenvalue weighted by atomic mass is 35.5. The summed E-state index contributed by atoms with van der Waals surface area (Å²) in [6, 6.07) is 16.1. The molecule has 0 saturated carbocycles. The van der Waals surface area contributed by atoms with Crippen molar-refractivity contribution in [3.63, 3.8) is 0 Å². The second-order valence-electron chi connectivity index (χ2n) is 5.34. The number of cyclic esters (lactones) is 1. The van der Waals surface area contributed by atoms with Crippen molar-refractivity contribution in [2.75, 3.05) is 13.2 Å². The summed E-state index contributed by atoms with van der Waals surface area (Å²) in [5.74, 6) is -0.0934. The summed E-state index contributed by atoms with van der Waals surface area (Å²) in [6.45, 7) is 0.830. The van der Waals surface area contributed by atoms with Crippen molar-refractivity contribution in [3.8, 4) is 0 Å². The van der Waals surface area contributed by atoms with Crippen LogP contribution in [0.15, 0.2) is 54.6 Å². The predicted octanol–water partition coefficient (Wildman–Crippen LogP) is 4.11. The third-order valence-electron chi connectivity index (χ3n) is 3.91. The number of carbonyl (C=O) groups excluding carboxylic acids is 2. The maximum absolute atomic E-state index is 12.6. The molecule has 23 heavy (non-hydrogen) atoms. The van der Waals surface area contributed by atoms with E-state index in [-0.39, 0.29) is 24.3 Å². The van der Waals surface area contributed by atoms with Crippen LogP contribution in [0.1, 0.15) is 28.4 Å². The Morgan fingerprint density at radius 2 is 1.83 bits per heavy atom. The molecule has 0 N–H and O–H groups in total. The van der Waals surface area contributed by atoms with Crippen molar-refractivity contribution in [1.29, 1.82) is 0 Å². The van der Waals surface area contributed by atoms with Crippen molar-refractivity contribution < 1.29 is 14.3 Å². The first kappa shape index (κ1) is 15.6. The Morgan fingerprint density at radius 1 is 1.13 bits per heavy atom. The zero-order chi connectivity index (χ0) is 16.2. The van der Waals surface area contributed by atoms with Crippen LogP contribution >= 0.6 is 11.6 Å². The molecule has 1 aliphatic rings. The molecule has 0 bridgehead atoms. The number of hydrogen-bond acceptors (Lipinski definition) is 3. The quantitative estimate of drug-likeness (QED) is 0.776.